The SMILES string of the molecule is CCCCC(C)C(=O)S.NCCO. The summed E-state index contributed by atoms with van der Waals surface area (Å²) >= 11 is 3.73. The number of carbonyl (C=O) groups excluding carboxylic acids is 1. The van der Waals surface area contributed by atoms with E-state index in [1.54, 1.807) is 0 Å². The van der Waals surface area contributed by atoms with E-state index in [1.807, 2.05) is 6.92 Å². The predicted octanol–water partition coefficient (Wildman–Crippen LogP) is 1.21. The maximum atomic E-state index is 10.5. The Labute approximate surface area is 86.1 Å². The molecule has 0 aromatic rings. The van der Waals surface area contributed by atoms with E-state index >= 15 is 0 Å². The van der Waals surface area contributed by atoms with Crippen LogP contribution in [-0.4, -0.2) is 23.4 Å². The first-order valence-corrected chi connectivity index (χ1v) is 5.08. The van der Waals surface area contributed by atoms with Gasteiger partial charge in [0.25, 0.3) is 0 Å². The van der Waals surface area contributed by atoms with E-state index in [2.05, 4.69) is 19.6 Å². The molecule has 0 bridgehead atoms. The van der Waals surface area contributed by atoms with Gasteiger partial charge in [0.15, 0.2) is 5.12 Å². The summed E-state index contributed by atoms with van der Waals surface area (Å²) in [5, 5.41) is 7.77. The summed E-state index contributed by atoms with van der Waals surface area (Å²) in [5.74, 6) is 0.147. The van der Waals surface area contributed by atoms with E-state index in [0.717, 1.165) is 19.3 Å². The molecule has 3 N–H and O–H groups in total. The Morgan fingerprint density at radius 1 is 1.62 bits per heavy atom. The van der Waals surface area contributed by atoms with Crippen LogP contribution in [0.25, 0.3) is 0 Å². The molecule has 0 saturated heterocycles. The van der Waals surface area contributed by atoms with Gasteiger partial charge < -0.3 is 10.8 Å². The molecule has 1 atom stereocenters. The Morgan fingerprint density at radius 3 is 2.31 bits per heavy atom. The lowest BCUT2D eigenvalue weighted by Gasteiger charge is -2.02. The van der Waals surface area contributed by atoms with Crippen LogP contribution in [-0.2, 0) is 4.79 Å². The molecule has 0 aromatic carbocycles. The van der Waals surface area contributed by atoms with Crippen molar-refractivity contribution < 1.29 is 9.90 Å². The molecule has 0 aliphatic rings. The third kappa shape index (κ3) is 14.8. The largest absolute Gasteiger partial charge is 0.395 e. The minimum absolute atomic E-state index is 0.0171. The van der Waals surface area contributed by atoms with Crippen molar-refractivity contribution >= 4 is 17.7 Å². The van der Waals surface area contributed by atoms with Crippen LogP contribution >= 0.6 is 12.6 Å². The molecule has 4 heteroatoms. The number of hydrogen-bond acceptors (Lipinski definition) is 3. The van der Waals surface area contributed by atoms with Gasteiger partial charge in [-0.1, -0.05) is 26.7 Å². The van der Waals surface area contributed by atoms with Crippen LogP contribution in [0.4, 0.5) is 0 Å². The van der Waals surface area contributed by atoms with Gasteiger partial charge in [-0.2, -0.15) is 0 Å². The van der Waals surface area contributed by atoms with Crippen molar-refractivity contribution in [3.8, 4) is 0 Å². The molecule has 80 valence electrons. The fourth-order valence-corrected chi connectivity index (χ4v) is 0.763. The first-order chi connectivity index (χ1) is 6.09. The zero-order valence-electron chi connectivity index (χ0n) is 8.49. The monoisotopic (exact) mass is 207 g/mol. The number of unbranched alkanes of at least 4 members (excludes halogenated alkanes) is 1. The second-order valence-electron chi connectivity index (χ2n) is 2.89. The van der Waals surface area contributed by atoms with Gasteiger partial charge in [0, 0.05) is 12.5 Å². The highest BCUT2D eigenvalue weighted by Crippen LogP contribution is 2.09. The molecule has 1 unspecified atom stereocenters. The van der Waals surface area contributed by atoms with Crippen LogP contribution in [0, 0.1) is 5.92 Å². The number of hydrogen-bond donors (Lipinski definition) is 3. The van der Waals surface area contributed by atoms with Gasteiger partial charge in [-0.25, -0.2) is 0 Å². The number of aliphatic hydroxyl groups is 1. The topological polar surface area (TPSA) is 63.3 Å². The quantitative estimate of drug-likeness (QED) is 0.594. The maximum absolute atomic E-state index is 10.5. The van der Waals surface area contributed by atoms with Crippen LogP contribution in [0.15, 0.2) is 0 Å². The molecule has 13 heavy (non-hydrogen) atoms. The number of aliphatic hydroxyl groups excluding tert-OH is 1. The van der Waals surface area contributed by atoms with Gasteiger partial charge in [-0.15, -0.1) is 12.6 Å². The van der Waals surface area contributed by atoms with Gasteiger partial charge in [0.1, 0.15) is 0 Å². The molecule has 0 rings (SSSR count). The van der Waals surface area contributed by atoms with Crippen LogP contribution in [0.5, 0.6) is 0 Å². The van der Waals surface area contributed by atoms with Crippen LogP contribution in [0.1, 0.15) is 33.1 Å². The Kier molecular flexibility index (Phi) is 14.2. The van der Waals surface area contributed by atoms with E-state index in [4.69, 9.17) is 10.8 Å². The van der Waals surface area contributed by atoms with Crippen molar-refractivity contribution in [1.29, 1.82) is 0 Å². The fourth-order valence-electron chi connectivity index (χ4n) is 0.634. The van der Waals surface area contributed by atoms with E-state index in [9.17, 15) is 4.79 Å². The summed E-state index contributed by atoms with van der Waals surface area (Å²) in [6.45, 7) is 4.51. The summed E-state index contributed by atoms with van der Waals surface area (Å²) in [5.41, 5.74) is 4.78. The van der Waals surface area contributed by atoms with Crippen molar-refractivity contribution in [1.82, 2.24) is 0 Å². The van der Waals surface area contributed by atoms with Crippen molar-refractivity contribution in [2.75, 3.05) is 13.2 Å². The van der Waals surface area contributed by atoms with Gasteiger partial charge >= 0.3 is 0 Å². The zero-order chi connectivity index (χ0) is 10.7. The summed E-state index contributed by atoms with van der Waals surface area (Å²) in [6.07, 6.45) is 3.28. The molecule has 0 saturated carbocycles. The summed E-state index contributed by atoms with van der Waals surface area (Å²) < 4.78 is 0. The smallest absolute Gasteiger partial charge is 0.188 e. The summed E-state index contributed by atoms with van der Waals surface area (Å²) in [7, 11) is 0. The molecule has 0 aromatic heterocycles. The van der Waals surface area contributed by atoms with Crippen LogP contribution in [0.3, 0.4) is 0 Å². The minimum atomic E-state index is 0.0171. The van der Waals surface area contributed by atoms with E-state index < -0.39 is 0 Å². The van der Waals surface area contributed by atoms with E-state index in [1.165, 1.54) is 0 Å². The Bertz CT molecular complexity index is 118. The van der Waals surface area contributed by atoms with Crippen molar-refractivity contribution in [2.24, 2.45) is 11.7 Å². The highest BCUT2D eigenvalue weighted by Gasteiger charge is 2.05. The van der Waals surface area contributed by atoms with E-state index in [0.29, 0.717) is 6.54 Å². The Hall–Kier alpha value is -0.0600. The molecular formula is C9H21NO2S. The molecule has 0 aliphatic heterocycles. The van der Waals surface area contributed by atoms with Crippen molar-refractivity contribution in [2.45, 2.75) is 33.1 Å². The van der Waals surface area contributed by atoms with Gasteiger partial charge in [0.2, 0.25) is 0 Å². The van der Waals surface area contributed by atoms with Crippen LogP contribution in [0.2, 0.25) is 0 Å². The molecule has 0 spiro atoms. The average Bonchev–Trinajstić information content (AvgIpc) is 2.14. The molecule has 0 amide bonds. The van der Waals surface area contributed by atoms with Crippen molar-refractivity contribution in [3.63, 3.8) is 0 Å². The maximum Gasteiger partial charge on any atom is 0.188 e. The average molecular weight is 207 g/mol. The third-order valence-corrected chi connectivity index (χ3v) is 1.98. The van der Waals surface area contributed by atoms with Crippen LogP contribution < -0.4 is 5.73 Å². The molecular weight excluding hydrogens is 186 g/mol. The zero-order valence-corrected chi connectivity index (χ0v) is 9.39. The standard InChI is InChI=1S/C7H14OS.C2H7NO/c1-3-4-5-6(2)7(8)9;3-1-2-4/h6H,3-5H2,1-2H3,(H,8,9);4H,1-3H2. The lowest BCUT2D eigenvalue weighted by molar-refractivity contribution is -0.113. The second kappa shape index (κ2) is 11.9. The summed E-state index contributed by atoms with van der Waals surface area (Å²) in [4.78, 5) is 10.5. The third-order valence-electron chi connectivity index (χ3n) is 1.54. The molecule has 0 aliphatic carbocycles. The van der Waals surface area contributed by atoms with Crippen molar-refractivity contribution in [3.05, 3.63) is 0 Å². The lowest BCUT2D eigenvalue weighted by Crippen LogP contribution is -2.02. The molecule has 0 heterocycles. The second-order valence-corrected chi connectivity index (χ2v) is 3.33. The number of nitrogens with two attached hydrogens (primary N) is 1. The minimum Gasteiger partial charge on any atom is -0.395 e. The first kappa shape index (κ1) is 15.4. The van der Waals surface area contributed by atoms with Gasteiger partial charge in [0.05, 0.1) is 6.61 Å². The summed E-state index contributed by atoms with van der Waals surface area (Å²) in [6, 6.07) is 0. The first-order valence-electron chi connectivity index (χ1n) is 4.63. The van der Waals surface area contributed by atoms with E-state index in [-0.39, 0.29) is 17.6 Å². The number of rotatable bonds is 5. The number of thiol groups is 1. The highest BCUT2D eigenvalue weighted by molar-refractivity contribution is 7.96. The lowest BCUT2D eigenvalue weighted by atomic mass is 10.1. The Balaban J connectivity index is 0. The molecule has 3 nitrogen and oxygen atoms in total. The van der Waals surface area contributed by atoms with Gasteiger partial charge in [-0.3, -0.25) is 4.79 Å². The fraction of sp³-hybridized carbons (Fsp3) is 0.889. The van der Waals surface area contributed by atoms with Gasteiger partial charge in [-0.05, 0) is 6.42 Å². The number of carbonyl (C=O) groups is 1. The Morgan fingerprint density at radius 2 is 2.08 bits per heavy atom. The molecule has 0 fully saturated rings. The highest BCUT2D eigenvalue weighted by atomic mass is 32.1. The normalized spacial score (nSPS) is 11.5. The molecule has 0 radical (unpaired) electrons. The predicted molar refractivity (Wildman–Crippen MR) is 58.8 cm³/mol.